The van der Waals surface area contributed by atoms with E-state index in [1.165, 1.54) is 10.7 Å². The zero-order chi connectivity index (χ0) is 20.9. The standard InChI is InChI=1S/C21H24N6O3/c1-15-13-18(24-23-15)21(29)22-16-9-10-26(14-16)19-7-8-20(28)27(25-19)11-12-30-17-5-3-2-4-6-17/h2-8,13,16H,9-12,14H2,1H3,(H,22,29)(H,23,24). The Morgan fingerprint density at radius 2 is 2.10 bits per heavy atom. The number of H-pyrrole nitrogens is 1. The van der Waals surface area contributed by atoms with E-state index in [4.69, 9.17) is 4.74 Å². The summed E-state index contributed by atoms with van der Waals surface area (Å²) in [6.45, 7) is 3.93. The molecule has 0 saturated carbocycles. The maximum atomic E-state index is 12.3. The van der Waals surface area contributed by atoms with Crippen LogP contribution in [0.4, 0.5) is 5.82 Å². The predicted molar refractivity (Wildman–Crippen MR) is 112 cm³/mol. The lowest BCUT2D eigenvalue weighted by Gasteiger charge is -2.18. The SMILES string of the molecule is Cc1cc(C(=O)NC2CCN(c3ccc(=O)n(CCOc4ccccc4)n3)C2)n[nH]1. The Morgan fingerprint density at radius 3 is 2.87 bits per heavy atom. The highest BCUT2D eigenvalue weighted by Gasteiger charge is 2.26. The Bertz CT molecular complexity index is 1060. The highest BCUT2D eigenvalue weighted by atomic mass is 16.5. The predicted octanol–water partition coefficient (Wildman–Crippen LogP) is 1.36. The van der Waals surface area contributed by atoms with Gasteiger partial charge in [0.1, 0.15) is 23.9 Å². The highest BCUT2D eigenvalue weighted by molar-refractivity contribution is 5.92. The third kappa shape index (κ3) is 4.68. The second-order valence-corrected chi connectivity index (χ2v) is 7.26. The summed E-state index contributed by atoms with van der Waals surface area (Å²) < 4.78 is 7.08. The fraction of sp³-hybridized carbons (Fsp3) is 0.333. The number of rotatable bonds is 7. The largest absolute Gasteiger partial charge is 0.492 e. The van der Waals surface area contributed by atoms with E-state index < -0.39 is 0 Å². The van der Waals surface area contributed by atoms with Gasteiger partial charge in [0.05, 0.1) is 6.54 Å². The van der Waals surface area contributed by atoms with Crippen LogP contribution in [0.25, 0.3) is 0 Å². The lowest BCUT2D eigenvalue weighted by molar-refractivity contribution is 0.0935. The summed E-state index contributed by atoms with van der Waals surface area (Å²) in [5.74, 6) is 1.27. The summed E-state index contributed by atoms with van der Waals surface area (Å²) in [5.41, 5.74) is 1.06. The maximum Gasteiger partial charge on any atom is 0.272 e. The molecule has 1 aromatic carbocycles. The van der Waals surface area contributed by atoms with Gasteiger partial charge in [0.2, 0.25) is 0 Å². The second kappa shape index (κ2) is 8.81. The van der Waals surface area contributed by atoms with Crippen molar-refractivity contribution in [3.8, 4) is 5.75 Å². The van der Waals surface area contributed by atoms with Crippen LogP contribution in [0.3, 0.4) is 0 Å². The fourth-order valence-corrected chi connectivity index (χ4v) is 3.41. The van der Waals surface area contributed by atoms with E-state index in [0.29, 0.717) is 31.2 Å². The second-order valence-electron chi connectivity index (χ2n) is 7.26. The average molecular weight is 408 g/mol. The molecule has 3 heterocycles. The van der Waals surface area contributed by atoms with Crippen LogP contribution in [0, 0.1) is 6.92 Å². The van der Waals surface area contributed by atoms with Crippen molar-refractivity contribution in [3.63, 3.8) is 0 Å². The molecule has 0 spiro atoms. The normalized spacial score (nSPS) is 15.9. The number of anilines is 1. The molecule has 1 amide bonds. The molecule has 0 bridgehead atoms. The quantitative estimate of drug-likeness (QED) is 0.612. The number of ether oxygens (including phenoxy) is 1. The average Bonchev–Trinajstić information content (AvgIpc) is 3.39. The molecule has 9 heteroatoms. The van der Waals surface area contributed by atoms with Crippen molar-refractivity contribution in [3.05, 3.63) is 70.3 Å². The van der Waals surface area contributed by atoms with Crippen LogP contribution in [0.2, 0.25) is 0 Å². The molecule has 2 aromatic heterocycles. The molecular formula is C21H24N6O3. The molecule has 1 saturated heterocycles. The Labute approximate surface area is 173 Å². The zero-order valence-corrected chi connectivity index (χ0v) is 16.7. The van der Waals surface area contributed by atoms with Crippen molar-refractivity contribution in [2.24, 2.45) is 0 Å². The van der Waals surface area contributed by atoms with Crippen LogP contribution in [0.15, 0.2) is 53.3 Å². The number of nitrogens with zero attached hydrogens (tertiary/aromatic N) is 4. The molecule has 1 unspecified atom stereocenters. The summed E-state index contributed by atoms with van der Waals surface area (Å²) in [6, 6.07) is 14.4. The summed E-state index contributed by atoms with van der Waals surface area (Å²) in [5, 5.41) is 14.3. The monoisotopic (exact) mass is 408 g/mol. The van der Waals surface area contributed by atoms with Crippen molar-refractivity contribution in [2.75, 3.05) is 24.6 Å². The third-order valence-corrected chi connectivity index (χ3v) is 4.95. The Morgan fingerprint density at radius 1 is 1.27 bits per heavy atom. The molecule has 0 radical (unpaired) electrons. The molecule has 1 aliphatic rings. The number of para-hydroxylation sites is 1. The van der Waals surface area contributed by atoms with E-state index >= 15 is 0 Å². The number of aromatic nitrogens is 4. The van der Waals surface area contributed by atoms with Gasteiger partial charge in [0.15, 0.2) is 0 Å². The molecule has 156 valence electrons. The number of aryl methyl sites for hydroxylation is 1. The van der Waals surface area contributed by atoms with Crippen molar-refractivity contribution in [2.45, 2.75) is 25.9 Å². The van der Waals surface area contributed by atoms with Crippen LogP contribution in [0.1, 0.15) is 22.6 Å². The Balaban J connectivity index is 1.34. The molecular weight excluding hydrogens is 384 g/mol. The van der Waals surface area contributed by atoms with Crippen LogP contribution < -0.4 is 20.5 Å². The minimum absolute atomic E-state index is 0.00176. The minimum atomic E-state index is -0.192. The molecule has 9 nitrogen and oxygen atoms in total. The smallest absolute Gasteiger partial charge is 0.272 e. The number of benzene rings is 1. The summed E-state index contributed by atoms with van der Waals surface area (Å²) in [6.07, 6.45) is 0.799. The van der Waals surface area contributed by atoms with Gasteiger partial charge < -0.3 is 15.0 Å². The number of carbonyl (C=O) groups is 1. The van der Waals surface area contributed by atoms with E-state index in [1.807, 2.05) is 37.3 Å². The first-order chi connectivity index (χ1) is 14.6. The van der Waals surface area contributed by atoms with Crippen LogP contribution in [-0.2, 0) is 6.54 Å². The van der Waals surface area contributed by atoms with Crippen molar-refractivity contribution in [1.29, 1.82) is 0 Å². The van der Waals surface area contributed by atoms with Gasteiger partial charge in [-0.15, -0.1) is 0 Å². The molecule has 1 fully saturated rings. The minimum Gasteiger partial charge on any atom is -0.492 e. The van der Waals surface area contributed by atoms with Gasteiger partial charge >= 0.3 is 0 Å². The third-order valence-electron chi connectivity index (χ3n) is 4.95. The number of aromatic amines is 1. The Kier molecular flexibility index (Phi) is 5.78. The number of carbonyl (C=O) groups excluding carboxylic acids is 1. The Hall–Kier alpha value is -3.62. The van der Waals surface area contributed by atoms with Gasteiger partial charge in [0, 0.05) is 30.9 Å². The zero-order valence-electron chi connectivity index (χ0n) is 16.7. The molecule has 1 atom stereocenters. The summed E-state index contributed by atoms with van der Waals surface area (Å²) >= 11 is 0. The van der Waals surface area contributed by atoms with Gasteiger partial charge in [-0.2, -0.15) is 10.2 Å². The number of nitrogens with one attached hydrogen (secondary N) is 2. The maximum absolute atomic E-state index is 12.3. The molecule has 1 aliphatic heterocycles. The van der Waals surface area contributed by atoms with Crippen LogP contribution in [0.5, 0.6) is 5.75 Å². The summed E-state index contributed by atoms with van der Waals surface area (Å²) in [4.78, 5) is 26.5. The number of hydrogen-bond donors (Lipinski definition) is 2. The summed E-state index contributed by atoms with van der Waals surface area (Å²) in [7, 11) is 0. The van der Waals surface area contributed by atoms with Crippen molar-refractivity contribution in [1.82, 2.24) is 25.3 Å². The first-order valence-electron chi connectivity index (χ1n) is 9.92. The number of amides is 1. The molecule has 3 aromatic rings. The molecule has 4 rings (SSSR count). The molecule has 0 aliphatic carbocycles. The topological polar surface area (TPSA) is 105 Å². The number of hydrogen-bond acceptors (Lipinski definition) is 6. The van der Waals surface area contributed by atoms with Gasteiger partial charge in [-0.1, -0.05) is 18.2 Å². The first kappa shape index (κ1) is 19.7. The van der Waals surface area contributed by atoms with E-state index in [1.54, 1.807) is 12.1 Å². The van der Waals surface area contributed by atoms with Crippen LogP contribution >= 0.6 is 0 Å². The van der Waals surface area contributed by atoms with Gasteiger partial charge in [-0.05, 0) is 37.6 Å². The van der Waals surface area contributed by atoms with Gasteiger partial charge in [-0.3, -0.25) is 14.7 Å². The van der Waals surface area contributed by atoms with Crippen LogP contribution in [-0.4, -0.2) is 51.6 Å². The van der Waals surface area contributed by atoms with E-state index in [2.05, 4.69) is 25.5 Å². The fourth-order valence-electron chi connectivity index (χ4n) is 3.41. The van der Waals surface area contributed by atoms with Gasteiger partial charge in [0.25, 0.3) is 11.5 Å². The highest BCUT2D eigenvalue weighted by Crippen LogP contribution is 2.17. The van der Waals surface area contributed by atoms with Crippen molar-refractivity contribution < 1.29 is 9.53 Å². The van der Waals surface area contributed by atoms with Gasteiger partial charge in [-0.25, -0.2) is 4.68 Å². The molecule has 2 N–H and O–H groups in total. The van der Waals surface area contributed by atoms with Crippen molar-refractivity contribution >= 4 is 11.7 Å². The lowest BCUT2D eigenvalue weighted by Crippen LogP contribution is -2.37. The molecule has 30 heavy (non-hydrogen) atoms. The van der Waals surface area contributed by atoms with E-state index in [-0.39, 0.29) is 17.5 Å². The van der Waals surface area contributed by atoms with E-state index in [0.717, 1.165) is 24.4 Å². The first-order valence-corrected chi connectivity index (χ1v) is 9.92. The van der Waals surface area contributed by atoms with E-state index in [9.17, 15) is 9.59 Å². The lowest BCUT2D eigenvalue weighted by atomic mass is 10.2.